The summed E-state index contributed by atoms with van der Waals surface area (Å²) < 4.78 is 5.57. The van der Waals surface area contributed by atoms with Crippen molar-refractivity contribution < 1.29 is 14.1 Å². The number of fused-ring (bicyclic) bond motifs is 1. The molecule has 1 unspecified atom stereocenters. The molecule has 154 valence electrons. The first-order valence-electron chi connectivity index (χ1n) is 10.2. The van der Waals surface area contributed by atoms with Crippen molar-refractivity contribution in [3.05, 3.63) is 57.9 Å². The van der Waals surface area contributed by atoms with E-state index in [9.17, 15) is 9.59 Å². The van der Waals surface area contributed by atoms with Crippen LogP contribution in [-0.4, -0.2) is 40.4 Å². The van der Waals surface area contributed by atoms with Gasteiger partial charge in [0.2, 0.25) is 0 Å². The van der Waals surface area contributed by atoms with Gasteiger partial charge in [0.05, 0.1) is 17.0 Å². The van der Waals surface area contributed by atoms with Crippen molar-refractivity contribution >= 4 is 34.5 Å². The average Bonchev–Trinajstić information content (AvgIpc) is 3.35. The van der Waals surface area contributed by atoms with E-state index < -0.39 is 0 Å². The standard InChI is InChI=1S/C22H21ClN4O3/c1-24-20(28)15-11-16(12-4-5-12)25-21-18(15)19(26-30-21)17-3-2-10-27(17)22(29)13-6-8-14(23)9-7-13/h6-9,11-12,17H,2-5,10H2,1H3,(H,24,28). The Morgan fingerprint density at radius 1 is 1.20 bits per heavy atom. The Hall–Kier alpha value is -2.93. The molecule has 1 aromatic carbocycles. The molecule has 8 heteroatoms. The molecule has 1 aliphatic carbocycles. The van der Waals surface area contributed by atoms with Crippen LogP contribution in [0.5, 0.6) is 0 Å². The number of carbonyl (C=O) groups is 2. The van der Waals surface area contributed by atoms with Crippen molar-refractivity contribution in [2.24, 2.45) is 0 Å². The number of nitrogens with zero attached hydrogens (tertiary/aromatic N) is 3. The van der Waals surface area contributed by atoms with E-state index in [0.717, 1.165) is 31.4 Å². The molecular weight excluding hydrogens is 404 g/mol. The number of benzene rings is 1. The van der Waals surface area contributed by atoms with Gasteiger partial charge >= 0.3 is 0 Å². The molecule has 30 heavy (non-hydrogen) atoms. The van der Waals surface area contributed by atoms with Crippen LogP contribution in [0, 0.1) is 0 Å². The minimum atomic E-state index is -0.272. The molecule has 1 atom stereocenters. The van der Waals surface area contributed by atoms with E-state index in [2.05, 4.69) is 15.5 Å². The lowest BCUT2D eigenvalue weighted by atomic mass is 10.0. The molecule has 1 aliphatic heterocycles. The summed E-state index contributed by atoms with van der Waals surface area (Å²) in [6.45, 7) is 0.614. The summed E-state index contributed by atoms with van der Waals surface area (Å²) in [6, 6.07) is 8.43. The zero-order valence-corrected chi connectivity index (χ0v) is 17.3. The number of pyridine rings is 1. The van der Waals surface area contributed by atoms with E-state index >= 15 is 0 Å². The minimum absolute atomic E-state index is 0.0885. The molecule has 5 rings (SSSR count). The van der Waals surface area contributed by atoms with E-state index in [1.807, 2.05) is 6.07 Å². The number of hydrogen-bond acceptors (Lipinski definition) is 5. The molecule has 0 spiro atoms. The molecule has 1 saturated carbocycles. The van der Waals surface area contributed by atoms with Crippen LogP contribution in [0.2, 0.25) is 5.02 Å². The fourth-order valence-electron chi connectivity index (χ4n) is 4.17. The number of carbonyl (C=O) groups excluding carboxylic acids is 2. The van der Waals surface area contributed by atoms with Crippen molar-refractivity contribution in [3.63, 3.8) is 0 Å². The zero-order chi connectivity index (χ0) is 20.8. The van der Waals surface area contributed by atoms with Crippen molar-refractivity contribution in [2.75, 3.05) is 13.6 Å². The Morgan fingerprint density at radius 3 is 2.67 bits per heavy atom. The van der Waals surface area contributed by atoms with Crippen molar-refractivity contribution in [1.82, 2.24) is 20.4 Å². The first-order chi connectivity index (χ1) is 14.6. The van der Waals surface area contributed by atoms with Gasteiger partial charge in [0.25, 0.3) is 17.5 Å². The van der Waals surface area contributed by atoms with E-state index in [1.165, 1.54) is 0 Å². The molecule has 2 aromatic heterocycles. The van der Waals surface area contributed by atoms with Crippen LogP contribution in [0.3, 0.4) is 0 Å². The quantitative estimate of drug-likeness (QED) is 0.681. The van der Waals surface area contributed by atoms with Crippen LogP contribution in [0.25, 0.3) is 11.1 Å². The van der Waals surface area contributed by atoms with E-state index in [1.54, 1.807) is 36.2 Å². The SMILES string of the molecule is CNC(=O)c1cc(C2CC2)nc2onc(C3CCCN3C(=O)c3ccc(Cl)cc3)c12. The third kappa shape index (κ3) is 3.23. The highest BCUT2D eigenvalue weighted by Gasteiger charge is 2.36. The molecule has 3 aromatic rings. The summed E-state index contributed by atoms with van der Waals surface area (Å²) >= 11 is 5.96. The van der Waals surface area contributed by atoms with Gasteiger partial charge in [-0.2, -0.15) is 0 Å². The predicted octanol–water partition coefficient (Wildman–Crippen LogP) is 4.09. The Kier molecular flexibility index (Phi) is 4.70. The Bertz CT molecular complexity index is 1140. The van der Waals surface area contributed by atoms with Gasteiger partial charge in [-0.15, -0.1) is 0 Å². The Morgan fingerprint density at radius 2 is 1.97 bits per heavy atom. The first kappa shape index (κ1) is 19.1. The molecule has 1 saturated heterocycles. The second-order valence-corrected chi connectivity index (χ2v) is 8.30. The molecule has 2 aliphatic rings. The van der Waals surface area contributed by atoms with E-state index in [0.29, 0.717) is 45.4 Å². The van der Waals surface area contributed by atoms with Crippen LogP contribution in [0.15, 0.2) is 34.9 Å². The number of rotatable bonds is 4. The van der Waals surface area contributed by atoms with Gasteiger partial charge in [-0.05, 0) is 56.0 Å². The molecule has 0 bridgehead atoms. The number of nitrogens with one attached hydrogen (secondary N) is 1. The summed E-state index contributed by atoms with van der Waals surface area (Å²) in [5.74, 6) is 0.0810. The summed E-state index contributed by atoms with van der Waals surface area (Å²) in [4.78, 5) is 32.2. The van der Waals surface area contributed by atoms with Crippen molar-refractivity contribution in [1.29, 1.82) is 0 Å². The van der Waals surface area contributed by atoms with Gasteiger partial charge in [-0.1, -0.05) is 16.8 Å². The highest BCUT2D eigenvalue weighted by atomic mass is 35.5. The van der Waals surface area contributed by atoms with Crippen molar-refractivity contribution in [2.45, 2.75) is 37.6 Å². The second-order valence-electron chi connectivity index (χ2n) is 7.86. The van der Waals surface area contributed by atoms with Crippen LogP contribution >= 0.6 is 11.6 Å². The fourth-order valence-corrected chi connectivity index (χ4v) is 4.30. The zero-order valence-electron chi connectivity index (χ0n) is 16.5. The van der Waals surface area contributed by atoms with Crippen LogP contribution in [-0.2, 0) is 0 Å². The third-order valence-corrected chi connectivity index (χ3v) is 6.13. The van der Waals surface area contributed by atoms with E-state index in [4.69, 9.17) is 16.1 Å². The van der Waals surface area contributed by atoms with Gasteiger partial charge in [-0.25, -0.2) is 4.98 Å². The largest absolute Gasteiger partial charge is 0.355 e. The van der Waals surface area contributed by atoms with Gasteiger partial charge in [-0.3, -0.25) is 9.59 Å². The lowest BCUT2D eigenvalue weighted by molar-refractivity contribution is 0.0731. The molecule has 2 fully saturated rings. The third-order valence-electron chi connectivity index (χ3n) is 5.88. The maximum Gasteiger partial charge on any atom is 0.259 e. The highest BCUT2D eigenvalue weighted by Crippen LogP contribution is 2.42. The number of hydrogen-bond donors (Lipinski definition) is 1. The maximum absolute atomic E-state index is 13.2. The first-order valence-corrected chi connectivity index (χ1v) is 10.5. The molecule has 3 heterocycles. The summed E-state index contributed by atoms with van der Waals surface area (Å²) in [6.07, 6.45) is 3.73. The normalized spacial score (nSPS) is 18.7. The fraction of sp³-hybridized carbons (Fsp3) is 0.364. The Balaban J connectivity index is 1.57. The predicted molar refractivity (Wildman–Crippen MR) is 112 cm³/mol. The lowest BCUT2D eigenvalue weighted by Gasteiger charge is -2.23. The smallest absolute Gasteiger partial charge is 0.259 e. The minimum Gasteiger partial charge on any atom is -0.355 e. The second kappa shape index (κ2) is 7.40. The van der Waals surface area contributed by atoms with Gasteiger partial charge in [0.1, 0.15) is 5.69 Å². The Labute approximate surface area is 178 Å². The number of halogens is 1. The number of amides is 2. The van der Waals surface area contributed by atoms with Crippen molar-refractivity contribution in [3.8, 4) is 0 Å². The molecular formula is C22H21ClN4O3. The summed E-state index contributed by atoms with van der Waals surface area (Å²) in [5.41, 5.74) is 2.90. The highest BCUT2D eigenvalue weighted by molar-refractivity contribution is 6.30. The lowest BCUT2D eigenvalue weighted by Crippen LogP contribution is -2.31. The van der Waals surface area contributed by atoms with Gasteiger partial charge in [0.15, 0.2) is 0 Å². The van der Waals surface area contributed by atoms with Crippen LogP contribution in [0.4, 0.5) is 0 Å². The molecule has 1 N–H and O–H groups in total. The topological polar surface area (TPSA) is 88.3 Å². The monoisotopic (exact) mass is 424 g/mol. The molecule has 2 amide bonds. The average molecular weight is 425 g/mol. The van der Waals surface area contributed by atoms with Gasteiger partial charge < -0.3 is 14.7 Å². The molecule has 0 radical (unpaired) electrons. The number of aromatic nitrogens is 2. The molecule has 7 nitrogen and oxygen atoms in total. The number of likely N-dealkylation sites (tertiary alicyclic amines) is 1. The van der Waals surface area contributed by atoms with E-state index in [-0.39, 0.29) is 17.9 Å². The van der Waals surface area contributed by atoms with Crippen LogP contribution < -0.4 is 5.32 Å². The summed E-state index contributed by atoms with van der Waals surface area (Å²) in [5, 5.41) is 8.17. The van der Waals surface area contributed by atoms with Crippen LogP contribution in [0.1, 0.15) is 69.7 Å². The maximum atomic E-state index is 13.2. The summed E-state index contributed by atoms with van der Waals surface area (Å²) in [7, 11) is 1.60. The van der Waals surface area contributed by atoms with Gasteiger partial charge in [0, 0.05) is 35.8 Å².